The Bertz CT molecular complexity index is 577. The van der Waals surface area contributed by atoms with E-state index < -0.39 is 17.7 Å². The molecule has 21 heavy (non-hydrogen) atoms. The van der Waals surface area contributed by atoms with E-state index in [4.69, 9.17) is 5.11 Å². The summed E-state index contributed by atoms with van der Waals surface area (Å²) in [6.45, 7) is 5.93. The van der Waals surface area contributed by atoms with Crippen molar-refractivity contribution in [3.05, 3.63) is 47.6 Å². The van der Waals surface area contributed by atoms with Crippen LogP contribution in [0, 0.1) is 0 Å². The van der Waals surface area contributed by atoms with Gasteiger partial charge in [0.2, 0.25) is 0 Å². The molecule has 0 aliphatic carbocycles. The summed E-state index contributed by atoms with van der Waals surface area (Å²) in [4.78, 5) is 12.1. The fraction of sp³-hybridized carbons (Fsp3) is 0.267. The number of anilines is 1. The topological polar surface area (TPSA) is 40.5 Å². The van der Waals surface area contributed by atoms with Crippen LogP contribution in [-0.2, 0) is 11.0 Å². The Kier molecular flexibility index (Phi) is 5.18. The number of nitrogens with zero attached hydrogens (tertiary/aromatic N) is 1. The average Bonchev–Trinajstić information content (AvgIpc) is 2.34. The molecule has 0 spiro atoms. The highest BCUT2D eigenvalue weighted by Gasteiger charge is 2.33. The van der Waals surface area contributed by atoms with Gasteiger partial charge in [0.05, 0.1) is 5.56 Å². The van der Waals surface area contributed by atoms with E-state index in [1.54, 1.807) is 18.9 Å². The number of carboxylic acids is 1. The number of rotatable bonds is 5. The summed E-state index contributed by atoms with van der Waals surface area (Å²) in [7, 11) is 1.66. The minimum atomic E-state index is -4.56. The maximum absolute atomic E-state index is 13.1. The number of likely N-dealkylation sites (N-methyl/N-ethyl adjacent to an activating group) is 1. The Hall–Kier alpha value is -2.24. The third kappa shape index (κ3) is 4.98. The molecule has 1 aromatic carbocycles. The van der Waals surface area contributed by atoms with Crippen LogP contribution in [0.15, 0.2) is 36.4 Å². The Morgan fingerprint density at radius 3 is 2.52 bits per heavy atom. The lowest BCUT2D eigenvalue weighted by Gasteiger charge is -2.21. The molecule has 0 unspecified atom stereocenters. The van der Waals surface area contributed by atoms with Crippen molar-refractivity contribution in [3.8, 4) is 0 Å². The van der Waals surface area contributed by atoms with E-state index in [0.717, 1.165) is 17.7 Å². The summed E-state index contributed by atoms with van der Waals surface area (Å²) in [5.41, 5.74) is 0.155. The zero-order valence-electron chi connectivity index (χ0n) is 11.7. The molecular formula is C15H16F3NO2. The van der Waals surface area contributed by atoms with E-state index >= 15 is 0 Å². The largest absolute Gasteiger partial charge is 0.478 e. The van der Waals surface area contributed by atoms with Crippen molar-refractivity contribution in [2.45, 2.75) is 13.1 Å². The minimum Gasteiger partial charge on any atom is -0.478 e. The van der Waals surface area contributed by atoms with Crippen LogP contribution >= 0.6 is 0 Å². The number of carbonyl (C=O) groups is 1. The number of hydrogen-bond acceptors (Lipinski definition) is 2. The summed E-state index contributed by atoms with van der Waals surface area (Å²) < 4.78 is 39.2. The molecule has 1 N–H and O–H groups in total. The molecule has 6 heteroatoms. The molecule has 114 valence electrons. The van der Waals surface area contributed by atoms with E-state index in [1.165, 1.54) is 12.1 Å². The highest BCUT2D eigenvalue weighted by molar-refractivity contribution is 5.85. The predicted molar refractivity (Wildman–Crippen MR) is 76.2 cm³/mol. The maximum atomic E-state index is 13.1. The standard InChI is InChI=1S/C15H16F3NO2/c1-10(2)9-19(3)12-6-4-11(5-7-14(20)21)13(8-12)15(16,17)18/h4-8H,1,9H2,2-3H3,(H,20,21)/b7-5+. The van der Waals surface area contributed by atoms with Gasteiger partial charge in [-0.1, -0.05) is 18.2 Å². The molecule has 0 saturated carbocycles. The summed E-state index contributed by atoms with van der Waals surface area (Å²) in [5.74, 6) is -1.30. The van der Waals surface area contributed by atoms with Crippen molar-refractivity contribution in [3.63, 3.8) is 0 Å². The molecule has 0 fully saturated rings. The van der Waals surface area contributed by atoms with Crippen molar-refractivity contribution < 1.29 is 23.1 Å². The van der Waals surface area contributed by atoms with Crippen molar-refractivity contribution >= 4 is 17.7 Å². The zero-order chi connectivity index (χ0) is 16.2. The predicted octanol–water partition coefficient (Wildman–Crippen LogP) is 3.82. The van der Waals surface area contributed by atoms with Gasteiger partial charge in [-0.15, -0.1) is 0 Å². The van der Waals surface area contributed by atoms with Crippen molar-refractivity contribution in [1.82, 2.24) is 0 Å². The van der Waals surface area contributed by atoms with Crippen LogP contribution in [0.2, 0.25) is 0 Å². The average molecular weight is 299 g/mol. The van der Waals surface area contributed by atoms with E-state index in [9.17, 15) is 18.0 Å². The first-order valence-corrected chi connectivity index (χ1v) is 6.09. The number of hydrogen-bond donors (Lipinski definition) is 1. The molecule has 0 radical (unpaired) electrons. The second-order valence-corrected chi connectivity index (χ2v) is 4.75. The summed E-state index contributed by atoms with van der Waals surface area (Å²) >= 11 is 0. The minimum absolute atomic E-state index is 0.183. The van der Waals surface area contributed by atoms with Crippen molar-refractivity contribution in [1.29, 1.82) is 0 Å². The van der Waals surface area contributed by atoms with Crippen LogP contribution in [0.4, 0.5) is 18.9 Å². The lowest BCUT2D eigenvalue weighted by atomic mass is 10.0. The molecule has 0 aliphatic heterocycles. The van der Waals surface area contributed by atoms with Crippen LogP contribution < -0.4 is 4.90 Å². The number of carboxylic acid groups (broad SMARTS) is 1. The molecular weight excluding hydrogens is 283 g/mol. The smallest absolute Gasteiger partial charge is 0.417 e. The van der Waals surface area contributed by atoms with Gasteiger partial charge in [0.25, 0.3) is 0 Å². The fourth-order valence-corrected chi connectivity index (χ4v) is 1.83. The molecule has 3 nitrogen and oxygen atoms in total. The Labute approximate surface area is 121 Å². The molecule has 0 bridgehead atoms. The molecule has 0 amide bonds. The number of halogens is 3. The number of benzene rings is 1. The Morgan fingerprint density at radius 2 is 2.05 bits per heavy atom. The molecule has 1 rings (SSSR count). The van der Waals surface area contributed by atoms with Crippen LogP contribution in [0.1, 0.15) is 18.1 Å². The first-order chi connectivity index (χ1) is 9.61. The molecule has 0 aliphatic rings. The van der Waals surface area contributed by atoms with E-state index in [1.807, 2.05) is 0 Å². The van der Waals surface area contributed by atoms with Crippen molar-refractivity contribution in [2.75, 3.05) is 18.5 Å². The highest BCUT2D eigenvalue weighted by Crippen LogP contribution is 2.35. The number of aliphatic carboxylic acids is 1. The zero-order valence-corrected chi connectivity index (χ0v) is 11.7. The van der Waals surface area contributed by atoms with E-state index in [-0.39, 0.29) is 5.56 Å². The third-order valence-corrected chi connectivity index (χ3v) is 2.70. The van der Waals surface area contributed by atoms with E-state index in [2.05, 4.69) is 6.58 Å². The summed E-state index contributed by atoms with van der Waals surface area (Å²) in [6, 6.07) is 3.77. The van der Waals surface area contributed by atoms with E-state index in [0.29, 0.717) is 18.3 Å². The molecule has 0 aromatic heterocycles. The summed E-state index contributed by atoms with van der Waals surface area (Å²) in [5, 5.41) is 8.52. The third-order valence-electron chi connectivity index (χ3n) is 2.70. The van der Waals surface area contributed by atoms with Gasteiger partial charge in [-0.25, -0.2) is 4.79 Å². The second-order valence-electron chi connectivity index (χ2n) is 4.75. The van der Waals surface area contributed by atoms with Crippen LogP contribution in [0.25, 0.3) is 6.08 Å². The van der Waals surface area contributed by atoms with Gasteiger partial charge in [-0.05, 0) is 30.7 Å². The molecule has 0 atom stereocenters. The fourth-order valence-electron chi connectivity index (χ4n) is 1.83. The van der Waals surface area contributed by atoms with Crippen molar-refractivity contribution in [2.24, 2.45) is 0 Å². The van der Waals surface area contributed by atoms with Crippen LogP contribution in [0.5, 0.6) is 0 Å². The molecule has 1 aromatic rings. The Morgan fingerprint density at radius 1 is 1.43 bits per heavy atom. The van der Waals surface area contributed by atoms with Gasteiger partial charge in [-0.2, -0.15) is 13.2 Å². The number of alkyl halides is 3. The Balaban J connectivity index is 3.25. The van der Waals surface area contributed by atoms with Gasteiger partial charge in [0.1, 0.15) is 0 Å². The lowest BCUT2D eigenvalue weighted by molar-refractivity contribution is -0.137. The van der Waals surface area contributed by atoms with Gasteiger partial charge < -0.3 is 10.0 Å². The van der Waals surface area contributed by atoms with Crippen LogP contribution in [0.3, 0.4) is 0 Å². The molecule has 0 heterocycles. The quantitative estimate of drug-likeness (QED) is 0.664. The SMILES string of the molecule is C=C(C)CN(C)c1ccc(/C=C/C(=O)O)c(C(F)(F)F)c1. The lowest BCUT2D eigenvalue weighted by Crippen LogP contribution is -2.20. The van der Waals surface area contributed by atoms with Crippen LogP contribution in [-0.4, -0.2) is 24.7 Å². The van der Waals surface area contributed by atoms with Gasteiger partial charge in [-0.3, -0.25) is 0 Å². The monoisotopic (exact) mass is 299 g/mol. The maximum Gasteiger partial charge on any atom is 0.417 e. The van der Waals surface area contributed by atoms with Gasteiger partial charge >= 0.3 is 12.1 Å². The normalized spacial score (nSPS) is 11.7. The summed E-state index contributed by atoms with van der Waals surface area (Å²) in [6.07, 6.45) is -2.94. The first kappa shape index (κ1) is 16.8. The van der Waals surface area contributed by atoms with Gasteiger partial charge in [0, 0.05) is 25.4 Å². The molecule has 0 saturated heterocycles. The first-order valence-electron chi connectivity index (χ1n) is 6.09. The highest BCUT2D eigenvalue weighted by atomic mass is 19.4. The van der Waals surface area contributed by atoms with Gasteiger partial charge in [0.15, 0.2) is 0 Å². The second kappa shape index (κ2) is 6.47.